The van der Waals surface area contributed by atoms with Crippen LogP contribution in [-0.4, -0.2) is 40.5 Å². The lowest BCUT2D eigenvalue weighted by Crippen LogP contribution is -2.50. The van der Waals surface area contributed by atoms with Gasteiger partial charge in [0.1, 0.15) is 0 Å². The van der Waals surface area contributed by atoms with Gasteiger partial charge in [0, 0.05) is 25.4 Å². The number of hydrogen-bond donors (Lipinski definition) is 3. The van der Waals surface area contributed by atoms with Crippen LogP contribution in [0, 0.1) is 5.92 Å². The number of hydrogen-bond acceptors (Lipinski definition) is 3. The minimum absolute atomic E-state index is 0.186. The number of rotatable bonds is 1. The van der Waals surface area contributed by atoms with Gasteiger partial charge in [-0.3, -0.25) is 20.4 Å². The molecule has 1 heterocycles. The van der Waals surface area contributed by atoms with Gasteiger partial charge < -0.3 is 10.0 Å². The average molecular weight is 243 g/mol. The van der Waals surface area contributed by atoms with E-state index >= 15 is 0 Å². The van der Waals surface area contributed by atoms with Crippen molar-refractivity contribution in [3.8, 4) is 0 Å². The van der Waals surface area contributed by atoms with E-state index in [0.29, 0.717) is 19.4 Å². The maximum Gasteiger partial charge on any atom is 0.407 e. The Morgan fingerprint density at radius 1 is 1.29 bits per heavy atom. The zero-order valence-electron chi connectivity index (χ0n) is 9.90. The summed E-state index contributed by atoms with van der Waals surface area (Å²) in [4.78, 5) is 34.4. The predicted octanol–water partition coefficient (Wildman–Crippen LogP) is -0.0678. The summed E-state index contributed by atoms with van der Waals surface area (Å²) in [5.74, 6) is -0.862. The maximum absolute atomic E-state index is 11.6. The van der Waals surface area contributed by atoms with Crippen LogP contribution < -0.4 is 10.9 Å². The molecule has 7 heteroatoms. The molecule has 0 aromatic carbocycles. The second kappa shape index (κ2) is 5.51. The molecule has 1 aliphatic heterocycles. The summed E-state index contributed by atoms with van der Waals surface area (Å²) >= 11 is 0. The van der Waals surface area contributed by atoms with E-state index in [1.807, 2.05) is 0 Å². The van der Waals surface area contributed by atoms with Crippen molar-refractivity contribution in [1.29, 1.82) is 0 Å². The van der Waals surface area contributed by atoms with Crippen molar-refractivity contribution in [1.82, 2.24) is 15.8 Å². The normalized spacial score (nSPS) is 24.0. The van der Waals surface area contributed by atoms with Crippen LogP contribution >= 0.6 is 0 Å². The van der Waals surface area contributed by atoms with E-state index < -0.39 is 6.09 Å². The second-order valence-electron chi connectivity index (χ2n) is 4.22. The molecule has 3 N–H and O–H groups in total. The Hall–Kier alpha value is -1.79. The van der Waals surface area contributed by atoms with Crippen LogP contribution in [0.4, 0.5) is 4.79 Å². The van der Waals surface area contributed by atoms with E-state index in [4.69, 9.17) is 5.11 Å². The number of nitrogens with one attached hydrogen (secondary N) is 2. The zero-order valence-corrected chi connectivity index (χ0v) is 9.90. The summed E-state index contributed by atoms with van der Waals surface area (Å²) in [6, 6.07) is -0.186. The first-order valence-electron chi connectivity index (χ1n) is 5.47. The Labute approximate surface area is 99.1 Å². The van der Waals surface area contributed by atoms with Gasteiger partial charge in [0.2, 0.25) is 11.8 Å². The number of carbonyl (C=O) groups excluding carboxylic acids is 2. The van der Waals surface area contributed by atoms with Gasteiger partial charge in [-0.2, -0.15) is 0 Å². The Morgan fingerprint density at radius 2 is 1.94 bits per heavy atom. The summed E-state index contributed by atoms with van der Waals surface area (Å²) in [6.45, 7) is 3.41. The number of amides is 3. The molecule has 0 bridgehead atoms. The lowest BCUT2D eigenvalue weighted by atomic mass is 9.91. The molecule has 3 amide bonds. The molecule has 2 unspecified atom stereocenters. The lowest BCUT2D eigenvalue weighted by molar-refractivity contribution is -0.131. The number of likely N-dealkylation sites (tertiary alicyclic amines) is 1. The van der Waals surface area contributed by atoms with Crippen LogP contribution in [0.25, 0.3) is 0 Å². The van der Waals surface area contributed by atoms with Crippen LogP contribution in [0.3, 0.4) is 0 Å². The zero-order chi connectivity index (χ0) is 13.0. The van der Waals surface area contributed by atoms with Gasteiger partial charge in [-0.05, 0) is 19.8 Å². The summed E-state index contributed by atoms with van der Waals surface area (Å²) in [5, 5.41) is 8.88. The largest absolute Gasteiger partial charge is 0.465 e. The van der Waals surface area contributed by atoms with Crippen LogP contribution in [-0.2, 0) is 9.59 Å². The molecule has 0 saturated carbocycles. The van der Waals surface area contributed by atoms with Crippen molar-refractivity contribution in [2.24, 2.45) is 5.92 Å². The number of piperidine rings is 1. The Morgan fingerprint density at radius 3 is 2.41 bits per heavy atom. The van der Waals surface area contributed by atoms with Crippen LogP contribution in [0.2, 0.25) is 0 Å². The first-order chi connectivity index (χ1) is 7.91. The number of carboxylic acid groups (broad SMARTS) is 1. The molecule has 0 aromatic heterocycles. The van der Waals surface area contributed by atoms with Gasteiger partial charge in [-0.25, -0.2) is 4.79 Å². The van der Waals surface area contributed by atoms with Crippen LogP contribution in [0.1, 0.15) is 26.7 Å². The van der Waals surface area contributed by atoms with E-state index in [1.54, 1.807) is 6.92 Å². The van der Waals surface area contributed by atoms with Crippen molar-refractivity contribution >= 4 is 17.9 Å². The van der Waals surface area contributed by atoms with Crippen molar-refractivity contribution in [3.05, 3.63) is 0 Å². The van der Waals surface area contributed by atoms with E-state index in [1.165, 1.54) is 11.8 Å². The smallest absolute Gasteiger partial charge is 0.407 e. The van der Waals surface area contributed by atoms with E-state index in [9.17, 15) is 14.4 Å². The number of nitrogens with zero attached hydrogens (tertiary/aromatic N) is 1. The van der Waals surface area contributed by atoms with Gasteiger partial charge in [-0.15, -0.1) is 0 Å². The van der Waals surface area contributed by atoms with E-state index in [2.05, 4.69) is 10.9 Å². The molecule has 0 radical (unpaired) electrons. The quantitative estimate of drug-likeness (QED) is 0.561. The molecule has 96 valence electrons. The molecule has 0 aromatic rings. The average Bonchev–Trinajstić information content (AvgIpc) is 2.25. The summed E-state index contributed by atoms with van der Waals surface area (Å²) in [5.41, 5.74) is 4.54. The van der Waals surface area contributed by atoms with E-state index in [0.717, 1.165) is 0 Å². The predicted molar refractivity (Wildman–Crippen MR) is 58.9 cm³/mol. The van der Waals surface area contributed by atoms with E-state index in [-0.39, 0.29) is 23.8 Å². The molecule has 17 heavy (non-hydrogen) atoms. The summed E-state index contributed by atoms with van der Waals surface area (Å²) in [7, 11) is 0. The van der Waals surface area contributed by atoms with Crippen molar-refractivity contribution in [2.45, 2.75) is 32.7 Å². The minimum atomic E-state index is -0.960. The molecule has 1 fully saturated rings. The molecular weight excluding hydrogens is 226 g/mol. The van der Waals surface area contributed by atoms with Crippen molar-refractivity contribution in [2.75, 3.05) is 6.54 Å². The fourth-order valence-electron chi connectivity index (χ4n) is 1.95. The lowest BCUT2D eigenvalue weighted by Gasteiger charge is -2.35. The molecule has 0 aliphatic carbocycles. The highest BCUT2D eigenvalue weighted by molar-refractivity contribution is 5.82. The maximum atomic E-state index is 11.6. The Bertz CT molecular complexity index is 332. The third-order valence-electron chi connectivity index (χ3n) is 2.85. The van der Waals surface area contributed by atoms with Gasteiger partial charge in [0.15, 0.2) is 0 Å². The number of hydrazine groups is 1. The summed E-state index contributed by atoms with van der Waals surface area (Å²) < 4.78 is 0. The number of carbonyl (C=O) groups is 3. The highest BCUT2D eigenvalue weighted by atomic mass is 16.4. The highest BCUT2D eigenvalue weighted by Gasteiger charge is 2.32. The van der Waals surface area contributed by atoms with Gasteiger partial charge in [0.05, 0.1) is 0 Å². The fourth-order valence-corrected chi connectivity index (χ4v) is 1.95. The van der Waals surface area contributed by atoms with Crippen LogP contribution in [0.5, 0.6) is 0 Å². The topological polar surface area (TPSA) is 98.7 Å². The van der Waals surface area contributed by atoms with Gasteiger partial charge in [0.25, 0.3) is 0 Å². The summed E-state index contributed by atoms with van der Waals surface area (Å²) in [6.07, 6.45) is -0.0158. The van der Waals surface area contributed by atoms with Gasteiger partial charge in [-0.1, -0.05) is 0 Å². The third-order valence-corrected chi connectivity index (χ3v) is 2.85. The first kappa shape index (κ1) is 13.3. The fraction of sp³-hybridized carbons (Fsp3) is 0.700. The first-order valence-corrected chi connectivity index (χ1v) is 5.47. The highest BCUT2D eigenvalue weighted by Crippen LogP contribution is 2.22. The molecule has 1 saturated heterocycles. The Kier molecular flexibility index (Phi) is 4.30. The molecule has 7 nitrogen and oxygen atoms in total. The Balaban J connectivity index is 2.46. The van der Waals surface area contributed by atoms with Crippen molar-refractivity contribution in [3.63, 3.8) is 0 Å². The van der Waals surface area contributed by atoms with Crippen LogP contribution in [0.15, 0.2) is 0 Å². The SMILES string of the molecule is CC(=O)NNC(=O)C1CCN(C(=O)O)C(C)C1. The molecule has 0 spiro atoms. The molecule has 1 rings (SSSR count). The molecule has 1 aliphatic rings. The molecule has 2 atom stereocenters. The molecular formula is C10H17N3O4. The third kappa shape index (κ3) is 3.61. The van der Waals surface area contributed by atoms with Crippen molar-refractivity contribution < 1.29 is 19.5 Å². The van der Waals surface area contributed by atoms with Gasteiger partial charge >= 0.3 is 6.09 Å². The second-order valence-corrected chi connectivity index (χ2v) is 4.22. The minimum Gasteiger partial charge on any atom is -0.465 e. The monoisotopic (exact) mass is 243 g/mol. The standard InChI is InChI=1S/C10H17N3O4/c1-6-5-8(3-4-13(6)10(16)17)9(15)12-11-7(2)14/h6,8H,3-5H2,1-2H3,(H,11,14)(H,12,15)(H,16,17).